The zero-order chi connectivity index (χ0) is 14.4. The molecule has 0 radical (unpaired) electrons. The minimum Gasteiger partial charge on any atom is -0.384 e. The Balaban J connectivity index is 2.11. The highest BCUT2D eigenvalue weighted by Crippen LogP contribution is 2.04. The monoisotopic (exact) mass is 271 g/mol. The molecule has 1 amide bonds. The summed E-state index contributed by atoms with van der Waals surface area (Å²) in [6, 6.07) is 3.35. The maximum atomic E-state index is 12.1. The molecule has 2 N–H and O–H groups in total. The van der Waals surface area contributed by atoms with Crippen molar-refractivity contribution in [3.05, 3.63) is 41.7 Å². The number of amides is 1. The second-order valence-electron chi connectivity index (χ2n) is 3.90. The molecule has 0 spiro atoms. The third kappa shape index (κ3) is 3.18. The van der Waals surface area contributed by atoms with Crippen LogP contribution < -0.4 is 5.32 Å². The van der Waals surface area contributed by atoms with E-state index in [0.717, 1.165) is 0 Å². The van der Waals surface area contributed by atoms with Crippen LogP contribution in [-0.2, 0) is 13.6 Å². The van der Waals surface area contributed by atoms with E-state index in [0.29, 0.717) is 11.4 Å². The molecule has 0 atom stereocenters. The first-order chi connectivity index (χ1) is 9.72. The molecule has 2 aromatic heterocycles. The predicted octanol–water partition coefficient (Wildman–Crippen LogP) is -0.516. The van der Waals surface area contributed by atoms with Crippen molar-refractivity contribution in [1.82, 2.24) is 25.1 Å². The quantitative estimate of drug-likeness (QED) is 0.733. The third-order valence-electron chi connectivity index (χ3n) is 2.54. The fraction of sp³-hybridized carbons (Fsp3) is 0.231. The van der Waals surface area contributed by atoms with Gasteiger partial charge in [0.05, 0.1) is 12.1 Å². The van der Waals surface area contributed by atoms with Crippen molar-refractivity contribution in [2.24, 2.45) is 7.05 Å². The first kappa shape index (κ1) is 13.7. The number of carbonyl (C=O) groups is 1. The lowest BCUT2D eigenvalue weighted by molar-refractivity contribution is 0.0944. The van der Waals surface area contributed by atoms with Crippen LogP contribution in [0, 0.1) is 11.8 Å². The lowest BCUT2D eigenvalue weighted by atomic mass is 10.2. The highest BCUT2D eigenvalue weighted by atomic mass is 16.2. The van der Waals surface area contributed by atoms with Gasteiger partial charge in [-0.1, -0.05) is 11.8 Å². The van der Waals surface area contributed by atoms with Crippen molar-refractivity contribution in [1.29, 1.82) is 0 Å². The van der Waals surface area contributed by atoms with Crippen molar-refractivity contribution in [3.8, 4) is 11.8 Å². The average Bonchev–Trinajstić information content (AvgIpc) is 2.88. The Labute approximate surface area is 115 Å². The molecule has 7 nitrogen and oxygen atoms in total. The van der Waals surface area contributed by atoms with Gasteiger partial charge >= 0.3 is 0 Å². The number of pyridine rings is 1. The number of aliphatic hydroxyl groups is 1. The van der Waals surface area contributed by atoms with Crippen molar-refractivity contribution in [3.63, 3.8) is 0 Å². The molecule has 20 heavy (non-hydrogen) atoms. The van der Waals surface area contributed by atoms with Gasteiger partial charge in [0.1, 0.15) is 18.6 Å². The van der Waals surface area contributed by atoms with Gasteiger partial charge in [-0.2, -0.15) is 0 Å². The summed E-state index contributed by atoms with van der Waals surface area (Å²) in [5, 5.41) is 19.0. The molecule has 0 aliphatic heterocycles. The molecule has 102 valence electrons. The zero-order valence-corrected chi connectivity index (χ0v) is 10.9. The summed E-state index contributed by atoms with van der Waals surface area (Å²) in [7, 11) is 1.79. The number of carbonyl (C=O) groups excluding carboxylic acids is 1. The Morgan fingerprint density at radius 2 is 2.40 bits per heavy atom. The van der Waals surface area contributed by atoms with Crippen LogP contribution in [0.2, 0.25) is 0 Å². The van der Waals surface area contributed by atoms with Gasteiger partial charge in [-0.15, -0.1) is 10.2 Å². The number of hydrogen-bond donors (Lipinski definition) is 2. The molecule has 0 fully saturated rings. The minimum atomic E-state index is -0.351. The van der Waals surface area contributed by atoms with Gasteiger partial charge in [-0.05, 0) is 12.1 Å². The summed E-state index contributed by atoms with van der Waals surface area (Å²) in [4.78, 5) is 16.1. The van der Waals surface area contributed by atoms with E-state index in [1.54, 1.807) is 30.1 Å². The van der Waals surface area contributed by atoms with E-state index < -0.39 is 0 Å². The maximum absolute atomic E-state index is 12.1. The maximum Gasteiger partial charge on any atom is 0.271 e. The van der Waals surface area contributed by atoms with E-state index >= 15 is 0 Å². The lowest BCUT2D eigenvalue weighted by Gasteiger charge is -2.05. The van der Waals surface area contributed by atoms with Gasteiger partial charge in [0.15, 0.2) is 5.82 Å². The number of nitrogens with zero attached hydrogens (tertiary/aromatic N) is 4. The van der Waals surface area contributed by atoms with Crippen molar-refractivity contribution < 1.29 is 9.90 Å². The van der Waals surface area contributed by atoms with E-state index in [-0.39, 0.29) is 24.8 Å². The number of rotatable bonds is 3. The van der Waals surface area contributed by atoms with E-state index in [1.807, 2.05) is 0 Å². The molecule has 0 aliphatic carbocycles. The first-order valence-corrected chi connectivity index (χ1v) is 5.88. The summed E-state index contributed by atoms with van der Waals surface area (Å²) in [5.41, 5.74) is 0.688. The van der Waals surface area contributed by atoms with Gasteiger partial charge in [0.2, 0.25) is 0 Å². The Morgan fingerprint density at radius 1 is 1.55 bits per heavy atom. The Bertz CT molecular complexity index is 669. The normalized spacial score (nSPS) is 9.70. The molecule has 0 saturated carbocycles. The number of aromatic nitrogens is 4. The summed E-state index contributed by atoms with van der Waals surface area (Å²) < 4.78 is 1.71. The second-order valence-corrected chi connectivity index (χ2v) is 3.90. The Hall–Kier alpha value is -2.72. The summed E-state index contributed by atoms with van der Waals surface area (Å²) in [6.45, 7) is -0.0202. The van der Waals surface area contributed by atoms with Crippen LogP contribution in [0.3, 0.4) is 0 Å². The minimum absolute atomic E-state index is 0.218. The van der Waals surface area contributed by atoms with Gasteiger partial charge in [0.25, 0.3) is 5.91 Å². The van der Waals surface area contributed by atoms with E-state index in [1.165, 1.54) is 6.20 Å². The molecule has 0 unspecified atom stereocenters. The molecule has 2 heterocycles. The number of aliphatic hydroxyl groups excluding tert-OH is 1. The van der Waals surface area contributed by atoms with Crippen molar-refractivity contribution >= 4 is 5.91 Å². The fourth-order valence-electron chi connectivity index (χ4n) is 1.53. The smallest absolute Gasteiger partial charge is 0.271 e. The van der Waals surface area contributed by atoms with Crippen LogP contribution in [0.4, 0.5) is 0 Å². The molecular formula is C13H13N5O2. The molecule has 2 rings (SSSR count). The highest BCUT2D eigenvalue weighted by molar-refractivity contribution is 5.94. The number of aryl methyl sites for hydroxylation is 1. The summed E-state index contributed by atoms with van der Waals surface area (Å²) in [6.07, 6.45) is 3.07. The first-order valence-electron chi connectivity index (χ1n) is 5.88. The molecule has 0 bridgehead atoms. The van der Waals surface area contributed by atoms with E-state index in [2.05, 4.69) is 32.3 Å². The summed E-state index contributed by atoms with van der Waals surface area (Å²) >= 11 is 0. The highest BCUT2D eigenvalue weighted by Gasteiger charge is 2.12. The van der Waals surface area contributed by atoms with Crippen LogP contribution in [0.1, 0.15) is 21.9 Å². The fourth-order valence-corrected chi connectivity index (χ4v) is 1.53. The molecule has 2 aromatic rings. The number of hydrogen-bond acceptors (Lipinski definition) is 5. The average molecular weight is 271 g/mol. The van der Waals surface area contributed by atoms with Crippen LogP contribution in [0.25, 0.3) is 0 Å². The molecule has 0 saturated heterocycles. The third-order valence-corrected chi connectivity index (χ3v) is 2.54. The van der Waals surface area contributed by atoms with Gasteiger partial charge < -0.3 is 15.0 Å². The van der Waals surface area contributed by atoms with Crippen LogP contribution in [0.5, 0.6) is 0 Å². The van der Waals surface area contributed by atoms with Crippen LogP contribution in [-0.4, -0.2) is 37.4 Å². The Kier molecular flexibility index (Phi) is 4.42. The van der Waals surface area contributed by atoms with E-state index in [9.17, 15) is 4.79 Å². The Morgan fingerprint density at radius 3 is 3.10 bits per heavy atom. The van der Waals surface area contributed by atoms with Crippen molar-refractivity contribution in [2.75, 3.05) is 6.61 Å². The molecule has 0 aromatic carbocycles. The predicted molar refractivity (Wildman–Crippen MR) is 70.4 cm³/mol. The second kappa shape index (κ2) is 6.45. The van der Waals surface area contributed by atoms with Crippen molar-refractivity contribution in [2.45, 2.75) is 6.54 Å². The largest absolute Gasteiger partial charge is 0.384 e. The molecule has 0 aliphatic rings. The number of nitrogens with one attached hydrogen (secondary N) is 1. The SMILES string of the molecule is Cn1cnnc1CNC(=O)c1ncccc1C#CCO. The zero-order valence-electron chi connectivity index (χ0n) is 10.9. The topological polar surface area (TPSA) is 92.9 Å². The standard InChI is InChI=1S/C13H13N5O2/c1-18-9-16-17-11(18)8-15-13(20)12-10(5-3-7-19)4-2-6-14-12/h2,4,6,9,19H,7-8H2,1H3,(H,15,20). The molecular weight excluding hydrogens is 258 g/mol. The van der Waals surface area contributed by atoms with Crippen LogP contribution >= 0.6 is 0 Å². The van der Waals surface area contributed by atoms with E-state index in [4.69, 9.17) is 5.11 Å². The van der Waals surface area contributed by atoms with Gasteiger partial charge in [-0.3, -0.25) is 4.79 Å². The van der Waals surface area contributed by atoms with Gasteiger partial charge in [-0.25, -0.2) is 4.98 Å². The van der Waals surface area contributed by atoms with Gasteiger partial charge in [0, 0.05) is 13.2 Å². The van der Waals surface area contributed by atoms with Crippen LogP contribution in [0.15, 0.2) is 24.7 Å². The summed E-state index contributed by atoms with van der Waals surface area (Å²) in [5.74, 6) is 5.47. The molecule has 7 heteroatoms. The lowest BCUT2D eigenvalue weighted by Crippen LogP contribution is -2.26.